The Hall–Kier alpha value is -1.30. The molecule has 6 heteroatoms. The molecule has 104 valence electrons. The van der Waals surface area contributed by atoms with Gasteiger partial charge in [-0.15, -0.1) is 0 Å². The second kappa shape index (κ2) is 5.00. The molecule has 0 aliphatic heterocycles. The van der Waals surface area contributed by atoms with Gasteiger partial charge in [0.25, 0.3) is 6.43 Å². The predicted molar refractivity (Wildman–Crippen MR) is 66.0 cm³/mol. The average molecular weight is 288 g/mol. The Balaban J connectivity index is 2.17. The van der Waals surface area contributed by atoms with Crippen LogP contribution in [0.5, 0.6) is 0 Å². The molecule has 1 fully saturated rings. The van der Waals surface area contributed by atoms with E-state index in [0.717, 1.165) is 5.56 Å². The fourth-order valence-electron chi connectivity index (χ4n) is 2.23. The van der Waals surface area contributed by atoms with Crippen molar-refractivity contribution in [2.75, 3.05) is 5.75 Å². The van der Waals surface area contributed by atoms with Crippen molar-refractivity contribution < 1.29 is 22.0 Å². The number of carbonyl (C=O) groups excluding carboxylic acids is 1. The molecule has 0 radical (unpaired) electrons. The number of sulfone groups is 1. The second-order valence-electron chi connectivity index (χ2n) is 4.81. The molecule has 2 atom stereocenters. The van der Waals surface area contributed by atoms with E-state index < -0.39 is 22.0 Å². The van der Waals surface area contributed by atoms with Gasteiger partial charge in [-0.05, 0) is 17.7 Å². The van der Waals surface area contributed by atoms with Crippen LogP contribution in [0.25, 0.3) is 0 Å². The molecule has 3 nitrogen and oxygen atoms in total. The van der Waals surface area contributed by atoms with Gasteiger partial charge in [0.1, 0.15) is 11.5 Å². The monoisotopic (exact) mass is 288 g/mol. The molecule has 1 aliphatic carbocycles. The van der Waals surface area contributed by atoms with Crippen LogP contribution < -0.4 is 0 Å². The molecule has 0 N–H and O–H groups in total. The maximum absolute atomic E-state index is 12.2. The summed E-state index contributed by atoms with van der Waals surface area (Å²) in [7, 11) is -3.93. The van der Waals surface area contributed by atoms with E-state index in [4.69, 9.17) is 0 Å². The first-order valence-corrected chi connectivity index (χ1v) is 7.60. The number of rotatable bonds is 4. The third kappa shape index (κ3) is 2.83. The first kappa shape index (κ1) is 14.1. The Kier molecular flexibility index (Phi) is 3.71. The largest absolute Gasteiger partial charge is 0.299 e. The quantitative estimate of drug-likeness (QED) is 0.855. The maximum atomic E-state index is 12.2. The summed E-state index contributed by atoms with van der Waals surface area (Å²) in [6, 6.07) is 5.88. The van der Waals surface area contributed by atoms with Crippen LogP contribution in [0.4, 0.5) is 8.78 Å². The van der Waals surface area contributed by atoms with Gasteiger partial charge < -0.3 is 0 Å². The highest BCUT2D eigenvalue weighted by Gasteiger charge is 2.36. The van der Waals surface area contributed by atoms with Gasteiger partial charge >= 0.3 is 0 Å². The standard InChI is InChI=1S/C13H14F2O3S/c1-8-11(6-12(8)16)9-2-4-10(5-3-9)19(17,18)7-13(14)15/h2-5,8,11,13H,6-7H2,1H3. The third-order valence-electron chi connectivity index (χ3n) is 3.55. The van der Waals surface area contributed by atoms with Crippen molar-refractivity contribution in [1.82, 2.24) is 0 Å². The minimum absolute atomic E-state index is 0.0523. The number of ketones is 1. The van der Waals surface area contributed by atoms with Gasteiger partial charge in [0, 0.05) is 18.3 Å². The van der Waals surface area contributed by atoms with Crippen molar-refractivity contribution in [3.05, 3.63) is 29.8 Å². The minimum atomic E-state index is -3.93. The van der Waals surface area contributed by atoms with Crippen molar-refractivity contribution in [2.45, 2.75) is 30.6 Å². The summed E-state index contributed by atoms with van der Waals surface area (Å²) in [5.41, 5.74) is 0.878. The topological polar surface area (TPSA) is 51.2 Å². The lowest BCUT2D eigenvalue weighted by Crippen LogP contribution is -2.32. The molecule has 1 aromatic rings. The number of Topliss-reactive ketones (excluding diaryl/α,β-unsaturated/α-hetero) is 1. The Labute approximate surface area is 110 Å². The Morgan fingerprint density at radius 3 is 2.26 bits per heavy atom. The normalized spacial score (nSPS) is 23.5. The van der Waals surface area contributed by atoms with E-state index in [1.165, 1.54) is 12.1 Å². The van der Waals surface area contributed by atoms with Gasteiger partial charge in [-0.3, -0.25) is 4.79 Å². The van der Waals surface area contributed by atoms with Crippen molar-refractivity contribution in [3.8, 4) is 0 Å². The van der Waals surface area contributed by atoms with Crippen molar-refractivity contribution in [1.29, 1.82) is 0 Å². The van der Waals surface area contributed by atoms with Gasteiger partial charge in [0.2, 0.25) is 0 Å². The van der Waals surface area contributed by atoms with Crippen LogP contribution in [0.1, 0.15) is 24.8 Å². The molecule has 19 heavy (non-hydrogen) atoms. The van der Waals surface area contributed by atoms with E-state index >= 15 is 0 Å². The molecular formula is C13H14F2O3S. The number of alkyl halides is 2. The highest BCUT2D eigenvalue weighted by molar-refractivity contribution is 7.91. The molecule has 0 saturated heterocycles. The van der Waals surface area contributed by atoms with E-state index in [9.17, 15) is 22.0 Å². The zero-order chi connectivity index (χ0) is 14.2. The van der Waals surface area contributed by atoms with Crippen LogP contribution >= 0.6 is 0 Å². The van der Waals surface area contributed by atoms with Crippen LogP contribution in [0.3, 0.4) is 0 Å². The lowest BCUT2D eigenvalue weighted by atomic mass is 9.70. The van der Waals surface area contributed by atoms with Gasteiger partial charge in [-0.2, -0.15) is 0 Å². The molecular weight excluding hydrogens is 274 g/mol. The predicted octanol–water partition coefficient (Wildman–Crippen LogP) is 2.42. The summed E-state index contributed by atoms with van der Waals surface area (Å²) in [6.45, 7) is 1.83. The van der Waals surface area contributed by atoms with Gasteiger partial charge in [0.15, 0.2) is 9.84 Å². The summed E-state index contributed by atoms with van der Waals surface area (Å²) in [5.74, 6) is -0.910. The van der Waals surface area contributed by atoms with E-state index in [0.29, 0.717) is 6.42 Å². The van der Waals surface area contributed by atoms with E-state index in [-0.39, 0.29) is 22.5 Å². The smallest absolute Gasteiger partial charge is 0.252 e. The maximum Gasteiger partial charge on any atom is 0.252 e. The highest BCUT2D eigenvalue weighted by atomic mass is 32.2. The Morgan fingerprint density at radius 1 is 1.26 bits per heavy atom. The number of hydrogen-bond acceptors (Lipinski definition) is 3. The molecule has 0 amide bonds. The molecule has 1 aromatic carbocycles. The van der Waals surface area contributed by atoms with E-state index in [1.54, 1.807) is 12.1 Å². The zero-order valence-electron chi connectivity index (χ0n) is 10.3. The van der Waals surface area contributed by atoms with Crippen molar-refractivity contribution >= 4 is 15.6 Å². The summed E-state index contributed by atoms with van der Waals surface area (Å²) < 4.78 is 47.5. The molecule has 0 heterocycles. The summed E-state index contributed by atoms with van der Waals surface area (Å²) in [4.78, 5) is 11.1. The fourth-order valence-corrected chi connectivity index (χ4v) is 3.31. The lowest BCUT2D eigenvalue weighted by Gasteiger charge is -2.32. The van der Waals surface area contributed by atoms with Crippen LogP contribution in [-0.2, 0) is 14.6 Å². The van der Waals surface area contributed by atoms with Crippen LogP contribution in [0, 0.1) is 5.92 Å². The Morgan fingerprint density at radius 2 is 1.84 bits per heavy atom. The zero-order valence-corrected chi connectivity index (χ0v) is 11.2. The van der Waals surface area contributed by atoms with Gasteiger partial charge in [0.05, 0.1) is 4.90 Å². The molecule has 2 unspecified atom stereocenters. The van der Waals surface area contributed by atoms with Gasteiger partial charge in [-0.1, -0.05) is 19.1 Å². The molecule has 1 saturated carbocycles. The number of benzene rings is 1. The molecule has 1 aliphatic rings. The number of halogens is 2. The first-order chi connectivity index (χ1) is 8.81. The third-order valence-corrected chi connectivity index (χ3v) is 5.23. The summed E-state index contributed by atoms with van der Waals surface area (Å²) in [5, 5.41) is 0. The minimum Gasteiger partial charge on any atom is -0.299 e. The van der Waals surface area contributed by atoms with E-state index in [1.807, 2.05) is 6.92 Å². The van der Waals surface area contributed by atoms with E-state index in [2.05, 4.69) is 0 Å². The fraction of sp³-hybridized carbons (Fsp3) is 0.462. The summed E-state index contributed by atoms with van der Waals surface area (Å²) in [6.07, 6.45) is -2.42. The first-order valence-electron chi connectivity index (χ1n) is 5.95. The molecule has 0 bridgehead atoms. The van der Waals surface area contributed by atoms with Crippen molar-refractivity contribution in [3.63, 3.8) is 0 Å². The summed E-state index contributed by atoms with van der Waals surface area (Å²) >= 11 is 0. The van der Waals surface area contributed by atoms with Gasteiger partial charge in [-0.25, -0.2) is 17.2 Å². The molecule has 2 rings (SSSR count). The lowest BCUT2D eigenvalue weighted by molar-refractivity contribution is -0.130. The van der Waals surface area contributed by atoms with Crippen LogP contribution in [-0.4, -0.2) is 26.4 Å². The van der Waals surface area contributed by atoms with Crippen LogP contribution in [0.15, 0.2) is 29.2 Å². The van der Waals surface area contributed by atoms with Crippen molar-refractivity contribution in [2.24, 2.45) is 5.92 Å². The van der Waals surface area contributed by atoms with Crippen LogP contribution in [0.2, 0.25) is 0 Å². The average Bonchev–Trinajstić information content (AvgIpc) is 2.34. The second-order valence-corrected chi connectivity index (χ2v) is 6.84. The number of carbonyl (C=O) groups is 1. The SMILES string of the molecule is CC1C(=O)CC1c1ccc(S(=O)(=O)CC(F)F)cc1. The number of hydrogen-bond donors (Lipinski definition) is 0. The molecule has 0 aromatic heterocycles. The highest BCUT2D eigenvalue weighted by Crippen LogP contribution is 2.39. The molecule has 0 spiro atoms. The Bertz CT molecular complexity index is 578.